The number of piperidine rings is 2. The van der Waals surface area contributed by atoms with Gasteiger partial charge in [0.1, 0.15) is 11.3 Å². The Hall–Kier alpha value is -2.18. The van der Waals surface area contributed by atoms with Crippen molar-refractivity contribution in [2.75, 3.05) is 39.3 Å². The molecule has 6 nitrogen and oxygen atoms in total. The number of rotatable bonds is 3. The molecular weight excluding hydrogens is 400 g/mol. The summed E-state index contributed by atoms with van der Waals surface area (Å²) in [6.45, 7) is 11.0. The van der Waals surface area contributed by atoms with Gasteiger partial charge in [0.25, 0.3) is 5.91 Å². The number of fused-ring (bicyclic) bond motifs is 1. The summed E-state index contributed by atoms with van der Waals surface area (Å²) < 4.78 is 5.32. The molecule has 2 saturated heterocycles. The van der Waals surface area contributed by atoms with Gasteiger partial charge in [-0.1, -0.05) is 29.4 Å². The number of aryl methyl sites for hydroxylation is 2. The fourth-order valence-corrected chi connectivity index (χ4v) is 6.07. The molecule has 6 heteroatoms. The molecule has 172 valence electrons. The van der Waals surface area contributed by atoms with Gasteiger partial charge in [-0.05, 0) is 94.6 Å². The van der Waals surface area contributed by atoms with E-state index in [9.17, 15) is 4.79 Å². The Labute approximate surface area is 191 Å². The molecule has 0 radical (unpaired) electrons. The second-order valence-electron chi connectivity index (χ2n) is 10.3. The van der Waals surface area contributed by atoms with Gasteiger partial charge in [0.05, 0.1) is 5.69 Å². The minimum Gasteiger partial charge on any atom is -0.361 e. The molecule has 2 aromatic rings. The molecule has 0 unspecified atom stereocenters. The molecule has 1 spiro atoms. The highest BCUT2D eigenvalue weighted by molar-refractivity contribution is 5.96. The van der Waals surface area contributed by atoms with Gasteiger partial charge in [0.15, 0.2) is 0 Å². The molecule has 2 fully saturated rings. The first-order valence-corrected chi connectivity index (χ1v) is 12.2. The molecule has 3 aliphatic rings. The molecule has 0 aliphatic carbocycles. The highest BCUT2D eigenvalue weighted by atomic mass is 16.5. The van der Waals surface area contributed by atoms with Crippen molar-refractivity contribution in [3.8, 4) is 0 Å². The van der Waals surface area contributed by atoms with Gasteiger partial charge in [0, 0.05) is 19.6 Å². The molecule has 0 atom stereocenters. The maximum Gasteiger partial charge on any atom is 0.259 e. The van der Waals surface area contributed by atoms with Crippen molar-refractivity contribution in [3.05, 3.63) is 52.4 Å². The van der Waals surface area contributed by atoms with Crippen molar-refractivity contribution in [1.82, 2.24) is 20.3 Å². The third-order valence-corrected chi connectivity index (χ3v) is 8.00. The van der Waals surface area contributed by atoms with Crippen LogP contribution in [0.5, 0.6) is 0 Å². The number of carbonyl (C=O) groups excluding carboxylic acids is 1. The van der Waals surface area contributed by atoms with Gasteiger partial charge in [0.2, 0.25) is 0 Å². The number of amides is 1. The summed E-state index contributed by atoms with van der Waals surface area (Å²) in [5, 5.41) is 7.52. The lowest BCUT2D eigenvalue weighted by Crippen LogP contribution is -2.49. The van der Waals surface area contributed by atoms with E-state index >= 15 is 0 Å². The van der Waals surface area contributed by atoms with E-state index in [0.29, 0.717) is 23.6 Å². The zero-order valence-corrected chi connectivity index (χ0v) is 19.5. The summed E-state index contributed by atoms with van der Waals surface area (Å²) in [4.78, 5) is 18.4. The van der Waals surface area contributed by atoms with E-state index in [1.165, 1.54) is 30.5 Å². The molecule has 3 aliphatic heterocycles. The van der Waals surface area contributed by atoms with Crippen LogP contribution in [0.25, 0.3) is 0 Å². The number of benzene rings is 1. The van der Waals surface area contributed by atoms with E-state index in [-0.39, 0.29) is 11.3 Å². The number of hydrogen-bond donors (Lipinski definition) is 1. The standard InChI is InChI=1S/C26H36N4O2/c1-19-24(20(2)32-28-19)25(31)30-17-23-6-4-3-5-22(23)15-26(18-30)9-13-29(14-10-26)16-21-7-11-27-12-8-21/h3-6,21,27H,7-18H2,1-2H3. The molecule has 32 heavy (non-hydrogen) atoms. The third kappa shape index (κ3) is 4.35. The molecule has 1 aromatic carbocycles. The molecule has 1 N–H and O–H groups in total. The molecule has 5 rings (SSSR count). The Balaban J connectivity index is 1.36. The van der Waals surface area contributed by atoms with E-state index in [1.807, 2.05) is 13.8 Å². The minimum absolute atomic E-state index is 0.0643. The van der Waals surface area contributed by atoms with E-state index < -0.39 is 0 Å². The Bertz CT molecular complexity index is 935. The number of nitrogens with one attached hydrogen (secondary N) is 1. The summed E-state index contributed by atoms with van der Waals surface area (Å²) in [6.07, 6.45) is 5.97. The first-order chi connectivity index (χ1) is 15.5. The summed E-state index contributed by atoms with van der Waals surface area (Å²) in [7, 11) is 0. The summed E-state index contributed by atoms with van der Waals surface area (Å²) >= 11 is 0. The largest absolute Gasteiger partial charge is 0.361 e. The average molecular weight is 437 g/mol. The van der Waals surface area contributed by atoms with Crippen molar-refractivity contribution in [1.29, 1.82) is 0 Å². The van der Waals surface area contributed by atoms with Crippen molar-refractivity contribution in [2.45, 2.75) is 52.5 Å². The highest BCUT2D eigenvalue weighted by Gasteiger charge is 2.41. The Morgan fingerprint density at radius 1 is 1.16 bits per heavy atom. The predicted octanol–water partition coefficient (Wildman–Crippen LogP) is 3.57. The second kappa shape index (κ2) is 8.99. The third-order valence-electron chi connectivity index (χ3n) is 8.00. The van der Waals surface area contributed by atoms with Crippen LogP contribution in [0.2, 0.25) is 0 Å². The van der Waals surface area contributed by atoms with Crippen molar-refractivity contribution < 1.29 is 9.32 Å². The lowest BCUT2D eigenvalue weighted by molar-refractivity contribution is 0.0428. The lowest BCUT2D eigenvalue weighted by atomic mass is 9.73. The van der Waals surface area contributed by atoms with Gasteiger partial charge in [-0.25, -0.2) is 0 Å². The van der Waals surface area contributed by atoms with Gasteiger partial charge >= 0.3 is 0 Å². The minimum atomic E-state index is 0.0643. The fourth-order valence-electron chi connectivity index (χ4n) is 6.07. The first-order valence-electron chi connectivity index (χ1n) is 12.2. The highest BCUT2D eigenvalue weighted by Crippen LogP contribution is 2.40. The van der Waals surface area contributed by atoms with E-state index in [4.69, 9.17) is 4.52 Å². The number of likely N-dealkylation sites (tertiary alicyclic amines) is 1. The summed E-state index contributed by atoms with van der Waals surface area (Å²) in [5.41, 5.74) is 4.17. The molecule has 1 amide bonds. The van der Waals surface area contributed by atoms with Gasteiger partial charge in [-0.15, -0.1) is 0 Å². The second-order valence-corrected chi connectivity index (χ2v) is 10.3. The predicted molar refractivity (Wildman–Crippen MR) is 125 cm³/mol. The molecule has 0 bridgehead atoms. The van der Waals surface area contributed by atoms with Crippen LogP contribution in [0.15, 0.2) is 28.8 Å². The molecule has 4 heterocycles. The van der Waals surface area contributed by atoms with Crippen LogP contribution in [0, 0.1) is 25.2 Å². The molecular formula is C26H36N4O2. The van der Waals surface area contributed by atoms with E-state index in [1.54, 1.807) is 0 Å². The smallest absolute Gasteiger partial charge is 0.259 e. The van der Waals surface area contributed by atoms with Gasteiger partial charge < -0.3 is 19.6 Å². The van der Waals surface area contributed by atoms with Crippen molar-refractivity contribution in [3.63, 3.8) is 0 Å². The average Bonchev–Trinajstić information content (AvgIpc) is 3.05. The Kier molecular flexibility index (Phi) is 6.08. The zero-order chi connectivity index (χ0) is 22.1. The van der Waals surface area contributed by atoms with Crippen LogP contribution in [0.1, 0.15) is 58.6 Å². The maximum atomic E-state index is 13.6. The topological polar surface area (TPSA) is 61.6 Å². The van der Waals surface area contributed by atoms with Crippen molar-refractivity contribution >= 4 is 5.91 Å². The van der Waals surface area contributed by atoms with E-state index in [0.717, 1.165) is 57.9 Å². The summed E-state index contributed by atoms with van der Waals surface area (Å²) in [5.74, 6) is 1.52. The number of hydrogen-bond acceptors (Lipinski definition) is 5. The SMILES string of the molecule is Cc1noc(C)c1C(=O)N1Cc2ccccc2CC2(CCN(CC3CCNCC3)CC2)C1. The van der Waals surface area contributed by atoms with Crippen LogP contribution in [0.4, 0.5) is 0 Å². The Morgan fingerprint density at radius 2 is 1.88 bits per heavy atom. The van der Waals surface area contributed by atoms with Crippen LogP contribution in [-0.4, -0.2) is 60.1 Å². The fraction of sp³-hybridized carbons (Fsp3) is 0.615. The summed E-state index contributed by atoms with van der Waals surface area (Å²) in [6, 6.07) is 8.69. The first kappa shape index (κ1) is 21.7. The van der Waals surface area contributed by atoms with Crippen LogP contribution >= 0.6 is 0 Å². The van der Waals surface area contributed by atoms with Crippen LogP contribution in [-0.2, 0) is 13.0 Å². The number of aromatic nitrogens is 1. The molecule has 0 saturated carbocycles. The number of carbonyl (C=O) groups is 1. The van der Waals surface area contributed by atoms with Gasteiger partial charge in [-0.2, -0.15) is 0 Å². The number of nitrogens with zero attached hydrogens (tertiary/aromatic N) is 3. The quantitative estimate of drug-likeness (QED) is 0.797. The lowest BCUT2D eigenvalue weighted by Gasteiger charge is -2.44. The van der Waals surface area contributed by atoms with Crippen LogP contribution < -0.4 is 5.32 Å². The zero-order valence-electron chi connectivity index (χ0n) is 19.5. The van der Waals surface area contributed by atoms with E-state index in [2.05, 4.69) is 44.5 Å². The molecule has 1 aromatic heterocycles. The van der Waals surface area contributed by atoms with Gasteiger partial charge in [-0.3, -0.25) is 4.79 Å². The van der Waals surface area contributed by atoms with Crippen LogP contribution in [0.3, 0.4) is 0 Å². The maximum absolute atomic E-state index is 13.6. The van der Waals surface area contributed by atoms with Crippen molar-refractivity contribution in [2.24, 2.45) is 11.3 Å². The monoisotopic (exact) mass is 436 g/mol. The normalized spacial score (nSPS) is 22.0. The Morgan fingerprint density at radius 3 is 2.56 bits per heavy atom.